The first-order chi connectivity index (χ1) is 4.72. The first-order valence-electron chi connectivity index (χ1n) is 2.90. The van der Waals surface area contributed by atoms with Crippen molar-refractivity contribution in [2.75, 3.05) is 13.7 Å². The Labute approximate surface area is 59.6 Å². The van der Waals surface area contributed by atoms with E-state index >= 15 is 0 Å². The molecule has 0 aliphatic rings. The van der Waals surface area contributed by atoms with Crippen LogP contribution in [0.25, 0.3) is 0 Å². The predicted octanol–water partition coefficient (Wildman–Crippen LogP) is -0.548. The number of esters is 1. The van der Waals surface area contributed by atoms with Crippen LogP contribution >= 0.6 is 0 Å². The van der Waals surface area contributed by atoms with E-state index in [0.717, 1.165) is 0 Å². The maximum atomic E-state index is 10.6. The van der Waals surface area contributed by atoms with Crippen LogP contribution < -0.4 is 5.32 Å². The summed E-state index contributed by atoms with van der Waals surface area (Å²) in [6.07, 6.45) is 1.47. The molecule has 0 aromatic rings. The first-order valence-corrected chi connectivity index (χ1v) is 2.90. The maximum Gasteiger partial charge on any atom is 0.310 e. The maximum absolute atomic E-state index is 10.6. The molecule has 4 nitrogen and oxygen atoms in total. The second-order valence-corrected chi connectivity index (χ2v) is 1.91. The van der Waals surface area contributed by atoms with Gasteiger partial charge in [0.05, 0.1) is 13.0 Å². The SMILES string of the molecule is COC(=O)C(C)CN[C]=O. The van der Waals surface area contributed by atoms with Crippen LogP contribution in [-0.4, -0.2) is 26.0 Å². The lowest BCUT2D eigenvalue weighted by molar-refractivity contribution is -0.144. The fourth-order valence-corrected chi connectivity index (χ4v) is 0.479. The van der Waals surface area contributed by atoms with Crippen LogP contribution in [0.4, 0.5) is 0 Å². The Hall–Kier alpha value is -1.06. The summed E-state index contributed by atoms with van der Waals surface area (Å²) in [5, 5.41) is 2.26. The average Bonchev–Trinajstić information content (AvgIpc) is 1.98. The van der Waals surface area contributed by atoms with Crippen molar-refractivity contribution in [3.63, 3.8) is 0 Å². The topological polar surface area (TPSA) is 55.4 Å². The number of rotatable bonds is 4. The van der Waals surface area contributed by atoms with E-state index in [1.54, 1.807) is 6.92 Å². The molecule has 10 heavy (non-hydrogen) atoms. The summed E-state index contributed by atoms with van der Waals surface area (Å²) in [7, 11) is 1.31. The highest BCUT2D eigenvalue weighted by Gasteiger charge is 2.11. The number of ether oxygens (including phenoxy) is 1. The van der Waals surface area contributed by atoms with Crippen molar-refractivity contribution >= 4 is 12.4 Å². The molecule has 1 amide bonds. The average molecular weight is 144 g/mol. The third-order valence-corrected chi connectivity index (χ3v) is 1.08. The van der Waals surface area contributed by atoms with Crippen molar-refractivity contribution in [1.82, 2.24) is 5.32 Å². The number of methoxy groups -OCH3 is 1. The van der Waals surface area contributed by atoms with E-state index in [9.17, 15) is 9.59 Å². The van der Waals surface area contributed by atoms with Crippen LogP contribution in [0.1, 0.15) is 6.92 Å². The zero-order valence-electron chi connectivity index (χ0n) is 6.01. The van der Waals surface area contributed by atoms with Gasteiger partial charge in [0.2, 0.25) is 0 Å². The highest BCUT2D eigenvalue weighted by Crippen LogP contribution is 1.93. The van der Waals surface area contributed by atoms with E-state index in [1.165, 1.54) is 13.5 Å². The molecule has 0 aliphatic heterocycles. The predicted molar refractivity (Wildman–Crippen MR) is 34.9 cm³/mol. The van der Waals surface area contributed by atoms with Crippen molar-refractivity contribution in [2.45, 2.75) is 6.92 Å². The van der Waals surface area contributed by atoms with E-state index in [1.807, 2.05) is 0 Å². The van der Waals surface area contributed by atoms with Gasteiger partial charge in [0.1, 0.15) is 0 Å². The van der Waals surface area contributed by atoms with Crippen LogP contribution in [0, 0.1) is 5.92 Å². The molecule has 0 bridgehead atoms. The molecule has 4 heteroatoms. The Morgan fingerprint density at radius 3 is 2.80 bits per heavy atom. The minimum atomic E-state index is -0.331. The van der Waals surface area contributed by atoms with E-state index in [4.69, 9.17) is 0 Å². The van der Waals surface area contributed by atoms with Gasteiger partial charge in [-0.2, -0.15) is 0 Å². The van der Waals surface area contributed by atoms with Crippen LogP contribution in [-0.2, 0) is 14.3 Å². The van der Waals surface area contributed by atoms with Gasteiger partial charge in [0.25, 0.3) is 0 Å². The van der Waals surface area contributed by atoms with Gasteiger partial charge in [-0.15, -0.1) is 0 Å². The number of hydrogen-bond donors (Lipinski definition) is 1. The number of hydrogen-bond acceptors (Lipinski definition) is 3. The lowest BCUT2D eigenvalue weighted by atomic mass is 10.2. The van der Waals surface area contributed by atoms with Crippen LogP contribution in [0.5, 0.6) is 0 Å². The Kier molecular flexibility index (Phi) is 4.28. The van der Waals surface area contributed by atoms with Crippen LogP contribution in [0.2, 0.25) is 0 Å². The molecular formula is C6H10NO3. The molecule has 0 rings (SSSR count). The minimum Gasteiger partial charge on any atom is -0.469 e. The van der Waals surface area contributed by atoms with Crippen molar-refractivity contribution in [2.24, 2.45) is 5.92 Å². The van der Waals surface area contributed by atoms with Gasteiger partial charge >= 0.3 is 12.4 Å². The number of amides is 1. The van der Waals surface area contributed by atoms with Crippen molar-refractivity contribution < 1.29 is 14.3 Å². The zero-order chi connectivity index (χ0) is 7.98. The van der Waals surface area contributed by atoms with Gasteiger partial charge in [-0.05, 0) is 0 Å². The number of nitrogens with one attached hydrogen (secondary N) is 1. The summed E-state index contributed by atoms with van der Waals surface area (Å²) in [6, 6.07) is 0. The Morgan fingerprint density at radius 1 is 1.80 bits per heavy atom. The molecule has 0 spiro atoms. The molecule has 0 fully saturated rings. The summed E-state index contributed by atoms with van der Waals surface area (Å²) in [4.78, 5) is 20.3. The monoisotopic (exact) mass is 144 g/mol. The lowest BCUT2D eigenvalue weighted by Crippen LogP contribution is -2.26. The number of carbonyl (C=O) groups excluding carboxylic acids is 2. The fraction of sp³-hybridized carbons (Fsp3) is 0.667. The smallest absolute Gasteiger partial charge is 0.310 e. The zero-order valence-corrected chi connectivity index (χ0v) is 6.01. The van der Waals surface area contributed by atoms with Gasteiger partial charge in [-0.25, -0.2) is 0 Å². The third-order valence-electron chi connectivity index (χ3n) is 1.08. The first kappa shape index (κ1) is 8.94. The van der Waals surface area contributed by atoms with Crippen molar-refractivity contribution in [1.29, 1.82) is 0 Å². The van der Waals surface area contributed by atoms with Crippen LogP contribution in [0.15, 0.2) is 0 Å². The van der Waals surface area contributed by atoms with Crippen molar-refractivity contribution in [3.05, 3.63) is 0 Å². The number of carbonyl (C=O) groups is 1. The molecule has 1 atom stereocenters. The standard InChI is InChI=1S/C6H10NO3/c1-5(3-7-4-8)6(9)10-2/h5H,3H2,1-2H3,(H,7,8). The molecule has 0 aromatic carbocycles. The van der Waals surface area contributed by atoms with Gasteiger partial charge < -0.3 is 10.1 Å². The van der Waals surface area contributed by atoms with Crippen molar-refractivity contribution in [3.8, 4) is 0 Å². The Bertz CT molecular complexity index is 124. The quantitative estimate of drug-likeness (QED) is 0.425. The molecule has 1 N–H and O–H groups in total. The molecule has 1 radical (unpaired) electrons. The molecule has 0 saturated carbocycles. The van der Waals surface area contributed by atoms with Gasteiger partial charge in [0, 0.05) is 6.54 Å². The molecule has 1 unspecified atom stereocenters. The lowest BCUT2D eigenvalue weighted by Gasteiger charge is -2.05. The minimum absolute atomic E-state index is 0.274. The van der Waals surface area contributed by atoms with Gasteiger partial charge in [-0.1, -0.05) is 6.92 Å². The second-order valence-electron chi connectivity index (χ2n) is 1.91. The molecular weight excluding hydrogens is 134 g/mol. The third kappa shape index (κ3) is 3.06. The van der Waals surface area contributed by atoms with E-state index in [-0.39, 0.29) is 18.4 Å². The normalized spacial score (nSPS) is 11.8. The summed E-state index contributed by atoms with van der Waals surface area (Å²) in [5.74, 6) is -0.630. The van der Waals surface area contributed by atoms with E-state index < -0.39 is 0 Å². The second kappa shape index (κ2) is 4.78. The summed E-state index contributed by atoms with van der Waals surface area (Å²) in [5.41, 5.74) is 0. The summed E-state index contributed by atoms with van der Waals surface area (Å²) >= 11 is 0. The Balaban J connectivity index is 3.50. The summed E-state index contributed by atoms with van der Waals surface area (Å²) in [6.45, 7) is 1.94. The van der Waals surface area contributed by atoms with E-state index in [2.05, 4.69) is 10.1 Å². The molecule has 0 aromatic heterocycles. The Morgan fingerprint density at radius 2 is 2.40 bits per heavy atom. The molecule has 0 saturated heterocycles. The molecule has 0 heterocycles. The van der Waals surface area contributed by atoms with E-state index in [0.29, 0.717) is 0 Å². The molecule has 57 valence electrons. The fourth-order valence-electron chi connectivity index (χ4n) is 0.479. The highest BCUT2D eigenvalue weighted by atomic mass is 16.5. The summed E-state index contributed by atoms with van der Waals surface area (Å²) < 4.78 is 4.40. The van der Waals surface area contributed by atoms with Gasteiger partial charge in [0.15, 0.2) is 0 Å². The van der Waals surface area contributed by atoms with Gasteiger partial charge in [-0.3, -0.25) is 9.59 Å². The molecule has 0 aliphatic carbocycles. The highest BCUT2D eigenvalue weighted by molar-refractivity contribution is 5.72. The largest absolute Gasteiger partial charge is 0.469 e. The van der Waals surface area contributed by atoms with Crippen LogP contribution in [0.3, 0.4) is 0 Å².